The summed E-state index contributed by atoms with van der Waals surface area (Å²) < 4.78 is 13.6. The highest BCUT2D eigenvalue weighted by Crippen LogP contribution is 2.21. The number of oxime groups is 1. The van der Waals surface area contributed by atoms with E-state index >= 15 is 0 Å². The first-order valence-electron chi connectivity index (χ1n) is 6.73. The summed E-state index contributed by atoms with van der Waals surface area (Å²) in [4.78, 5) is 2.23. The third-order valence-corrected chi connectivity index (χ3v) is 3.67. The van der Waals surface area contributed by atoms with Gasteiger partial charge in [-0.25, -0.2) is 4.39 Å². The van der Waals surface area contributed by atoms with E-state index in [1.807, 2.05) is 0 Å². The maximum absolute atomic E-state index is 13.6. The summed E-state index contributed by atoms with van der Waals surface area (Å²) >= 11 is 0. The van der Waals surface area contributed by atoms with Crippen molar-refractivity contribution in [2.24, 2.45) is 16.8 Å². The van der Waals surface area contributed by atoms with Gasteiger partial charge in [-0.1, -0.05) is 5.16 Å². The molecule has 0 bridgehead atoms. The highest BCUT2D eigenvalue weighted by molar-refractivity contribution is 5.97. The Hall–Kier alpha value is -1.66. The number of hydrogen-bond acceptors (Lipinski definition) is 4. The van der Waals surface area contributed by atoms with E-state index in [2.05, 4.69) is 10.1 Å². The Bertz CT molecular complexity index is 493. The molecule has 0 amide bonds. The number of aliphatic hydroxyl groups excluding tert-OH is 1. The zero-order valence-corrected chi connectivity index (χ0v) is 11.3. The molecule has 1 saturated heterocycles. The van der Waals surface area contributed by atoms with E-state index in [0.717, 1.165) is 31.5 Å². The Morgan fingerprint density at radius 1 is 1.45 bits per heavy atom. The molecule has 0 radical (unpaired) electrons. The van der Waals surface area contributed by atoms with Crippen molar-refractivity contribution in [1.82, 2.24) is 4.90 Å². The van der Waals surface area contributed by atoms with Crippen molar-refractivity contribution in [3.8, 4) is 0 Å². The van der Waals surface area contributed by atoms with Crippen LogP contribution >= 0.6 is 0 Å². The molecule has 110 valence electrons. The number of aliphatic hydroxyl groups is 1. The molecular formula is C14H20FN3O2. The van der Waals surface area contributed by atoms with Gasteiger partial charge in [-0.05, 0) is 49.1 Å². The lowest BCUT2D eigenvalue weighted by molar-refractivity contribution is 0.249. The Morgan fingerprint density at radius 3 is 2.95 bits per heavy atom. The summed E-state index contributed by atoms with van der Waals surface area (Å²) in [5, 5.41) is 20.5. The first-order valence-corrected chi connectivity index (χ1v) is 6.73. The number of nitrogens with zero attached hydrogens (tertiary/aromatic N) is 2. The largest absolute Gasteiger partial charge is 0.409 e. The molecule has 1 fully saturated rings. The van der Waals surface area contributed by atoms with E-state index in [1.54, 1.807) is 6.07 Å². The SMILES string of the molecule is N/C(=N/O)c1cc(F)cc(CN2CCC(CCO)C2)c1. The number of halogens is 1. The van der Waals surface area contributed by atoms with Gasteiger partial charge in [0.15, 0.2) is 5.84 Å². The zero-order chi connectivity index (χ0) is 14.5. The van der Waals surface area contributed by atoms with Crippen molar-refractivity contribution in [3.63, 3.8) is 0 Å². The molecule has 1 aliphatic rings. The summed E-state index contributed by atoms with van der Waals surface area (Å²) in [6.45, 7) is 2.70. The molecule has 0 saturated carbocycles. The van der Waals surface area contributed by atoms with Crippen LogP contribution < -0.4 is 5.73 Å². The van der Waals surface area contributed by atoms with Crippen LogP contribution in [0.2, 0.25) is 0 Å². The second-order valence-electron chi connectivity index (χ2n) is 5.24. The molecule has 1 atom stereocenters. The molecule has 2 rings (SSSR count). The summed E-state index contributed by atoms with van der Waals surface area (Å²) in [6, 6.07) is 4.45. The van der Waals surface area contributed by atoms with Crippen LogP contribution in [0, 0.1) is 11.7 Å². The Morgan fingerprint density at radius 2 is 2.25 bits per heavy atom. The lowest BCUT2D eigenvalue weighted by Crippen LogP contribution is -2.21. The summed E-state index contributed by atoms with van der Waals surface area (Å²) in [6.07, 6.45) is 1.87. The second kappa shape index (κ2) is 6.67. The van der Waals surface area contributed by atoms with E-state index in [9.17, 15) is 4.39 Å². The lowest BCUT2D eigenvalue weighted by atomic mass is 10.1. The van der Waals surface area contributed by atoms with Gasteiger partial charge in [0.2, 0.25) is 0 Å². The standard InChI is InChI=1S/C14H20FN3O2/c15-13-6-11(5-12(7-13)14(16)17-20)9-18-3-1-10(8-18)2-4-19/h5-7,10,19-20H,1-4,8-9H2,(H2,16,17). The average molecular weight is 281 g/mol. The van der Waals surface area contributed by atoms with Gasteiger partial charge in [0.25, 0.3) is 0 Å². The van der Waals surface area contributed by atoms with Gasteiger partial charge < -0.3 is 16.0 Å². The third kappa shape index (κ3) is 3.68. The fraction of sp³-hybridized carbons (Fsp3) is 0.500. The molecule has 1 aliphatic heterocycles. The van der Waals surface area contributed by atoms with Crippen LogP contribution in [-0.2, 0) is 6.54 Å². The van der Waals surface area contributed by atoms with E-state index in [-0.39, 0.29) is 12.4 Å². The van der Waals surface area contributed by atoms with Crippen LogP contribution in [0.25, 0.3) is 0 Å². The van der Waals surface area contributed by atoms with Gasteiger partial charge in [-0.15, -0.1) is 0 Å². The number of benzene rings is 1. The quantitative estimate of drug-likeness (QED) is 0.327. The molecule has 1 aromatic carbocycles. The number of hydrogen-bond donors (Lipinski definition) is 3. The minimum Gasteiger partial charge on any atom is -0.409 e. The number of amidine groups is 1. The predicted molar refractivity (Wildman–Crippen MR) is 74.0 cm³/mol. The molecule has 4 N–H and O–H groups in total. The summed E-state index contributed by atoms with van der Waals surface area (Å²) in [5.41, 5.74) is 6.68. The maximum atomic E-state index is 13.6. The van der Waals surface area contributed by atoms with Crippen LogP contribution in [0.3, 0.4) is 0 Å². The van der Waals surface area contributed by atoms with Crippen molar-refractivity contribution in [1.29, 1.82) is 0 Å². The topological polar surface area (TPSA) is 82.1 Å². The highest BCUT2D eigenvalue weighted by Gasteiger charge is 2.22. The van der Waals surface area contributed by atoms with Gasteiger partial charge in [0, 0.05) is 25.3 Å². The lowest BCUT2D eigenvalue weighted by Gasteiger charge is -2.16. The molecule has 5 nitrogen and oxygen atoms in total. The van der Waals surface area contributed by atoms with E-state index < -0.39 is 5.82 Å². The molecule has 1 heterocycles. The van der Waals surface area contributed by atoms with Gasteiger partial charge in [-0.3, -0.25) is 4.90 Å². The molecule has 20 heavy (non-hydrogen) atoms. The van der Waals surface area contributed by atoms with Crippen molar-refractivity contribution < 1.29 is 14.7 Å². The van der Waals surface area contributed by atoms with Crippen molar-refractivity contribution in [2.45, 2.75) is 19.4 Å². The zero-order valence-electron chi connectivity index (χ0n) is 11.3. The molecule has 0 aliphatic carbocycles. The third-order valence-electron chi connectivity index (χ3n) is 3.67. The molecule has 1 aromatic rings. The van der Waals surface area contributed by atoms with Crippen LogP contribution in [0.5, 0.6) is 0 Å². The fourth-order valence-corrected chi connectivity index (χ4v) is 2.68. The predicted octanol–water partition coefficient (Wildman–Crippen LogP) is 1.12. The fourth-order valence-electron chi connectivity index (χ4n) is 2.68. The normalized spacial score (nSPS) is 20.5. The van der Waals surface area contributed by atoms with Crippen LogP contribution in [0.1, 0.15) is 24.0 Å². The minimum absolute atomic E-state index is 0.0923. The Kier molecular flexibility index (Phi) is 4.92. The van der Waals surface area contributed by atoms with E-state index in [0.29, 0.717) is 18.0 Å². The average Bonchev–Trinajstić information content (AvgIpc) is 2.85. The number of nitrogens with two attached hydrogens (primary N) is 1. The van der Waals surface area contributed by atoms with Crippen LogP contribution in [0.4, 0.5) is 4.39 Å². The van der Waals surface area contributed by atoms with Gasteiger partial charge >= 0.3 is 0 Å². The molecule has 1 unspecified atom stereocenters. The van der Waals surface area contributed by atoms with Crippen molar-refractivity contribution in [3.05, 3.63) is 35.1 Å². The first kappa shape index (κ1) is 14.7. The van der Waals surface area contributed by atoms with Crippen molar-refractivity contribution >= 4 is 5.84 Å². The second-order valence-corrected chi connectivity index (χ2v) is 5.24. The van der Waals surface area contributed by atoms with Gasteiger partial charge in [0.05, 0.1) is 0 Å². The maximum Gasteiger partial charge on any atom is 0.170 e. The van der Waals surface area contributed by atoms with Gasteiger partial charge in [-0.2, -0.15) is 0 Å². The minimum atomic E-state index is -0.393. The Balaban J connectivity index is 2.05. The highest BCUT2D eigenvalue weighted by atomic mass is 19.1. The van der Waals surface area contributed by atoms with E-state index in [1.165, 1.54) is 12.1 Å². The molecular weight excluding hydrogens is 261 g/mol. The first-order chi connectivity index (χ1) is 9.62. The number of likely N-dealkylation sites (tertiary alicyclic amines) is 1. The van der Waals surface area contributed by atoms with Crippen LogP contribution in [-0.4, -0.2) is 40.7 Å². The summed E-state index contributed by atoms with van der Waals surface area (Å²) in [5.74, 6) is 0.0256. The van der Waals surface area contributed by atoms with Crippen molar-refractivity contribution in [2.75, 3.05) is 19.7 Å². The van der Waals surface area contributed by atoms with E-state index in [4.69, 9.17) is 16.0 Å². The number of rotatable bonds is 5. The van der Waals surface area contributed by atoms with Gasteiger partial charge in [0.1, 0.15) is 5.82 Å². The summed E-state index contributed by atoms with van der Waals surface area (Å²) in [7, 11) is 0. The smallest absolute Gasteiger partial charge is 0.170 e. The molecule has 6 heteroatoms. The van der Waals surface area contributed by atoms with Crippen LogP contribution in [0.15, 0.2) is 23.4 Å². The molecule has 0 aromatic heterocycles. The molecule has 0 spiro atoms. The Labute approximate surface area is 117 Å². The monoisotopic (exact) mass is 281 g/mol.